The van der Waals surface area contributed by atoms with E-state index in [0.717, 1.165) is 33.6 Å². The molecule has 5 nitrogen and oxygen atoms in total. The van der Waals surface area contributed by atoms with Crippen LogP contribution < -0.4 is 0 Å². The van der Waals surface area contributed by atoms with Crippen molar-refractivity contribution in [3.8, 4) is 5.69 Å². The third-order valence-electron chi connectivity index (χ3n) is 4.82. The standard InChI is InChI=1S/C22H21N3O2/c1-15-19(16(2)25(23-15)18-10-5-4-6-11-18)14-24(3)22(26)21-13-17-9-7-8-12-20(17)27-21/h4-13H,14H2,1-3H3. The Kier molecular flexibility index (Phi) is 4.28. The summed E-state index contributed by atoms with van der Waals surface area (Å²) in [4.78, 5) is 14.5. The SMILES string of the molecule is Cc1nn(-c2ccccc2)c(C)c1CN(C)C(=O)c1cc2ccccc2o1. The van der Waals surface area contributed by atoms with Gasteiger partial charge in [-0.2, -0.15) is 5.10 Å². The summed E-state index contributed by atoms with van der Waals surface area (Å²) in [6.45, 7) is 4.48. The molecule has 0 atom stereocenters. The van der Waals surface area contributed by atoms with Crippen LogP contribution >= 0.6 is 0 Å². The Bertz CT molecular complexity index is 1080. The molecule has 5 heteroatoms. The first-order chi connectivity index (χ1) is 13.0. The molecule has 0 N–H and O–H groups in total. The van der Waals surface area contributed by atoms with Gasteiger partial charge in [-0.25, -0.2) is 4.68 Å². The molecule has 1 amide bonds. The molecular formula is C22H21N3O2. The zero-order valence-electron chi connectivity index (χ0n) is 15.6. The number of fused-ring (bicyclic) bond motifs is 1. The molecule has 0 saturated heterocycles. The molecule has 2 aromatic heterocycles. The van der Waals surface area contributed by atoms with Crippen LogP contribution in [0.5, 0.6) is 0 Å². The van der Waals surface area contributed by atoms with Crippen molar-refractivity contribution in [3.63, 3.8) is 0 Å². The number of carbonyl (C=O) groups excluding carboxylic acids is 1. The first-order valence-corrected chi connectivity index (χ1v) is 8.89. The first kappa shape index (κ1) is 17.1. The summed E-state index contributed by atoms with van der Waals surface area (Å²) in [5, 5.41) is 5.58. The van der Waals surface area contributed by atoms with Gasteiger partial charge in [0.25, 0.3) is 5.91 Å². The van der Waals surface area contributed by atoms with Crippen molar-refractivity contribution in [1.29, 1.82) is 0 Å². The topological polar surface area (TPSA) is 51.3 Å². The van der Waals surface area contributed by atoms with E-state index in [1.165, 1.54) is 0 Å². The summed E-state index contributed by atoms with van der Waals surface area (Å²) in [6, 6.07) is 19.4. The number of amides is 1. The number of rotatable bonds is 4. The molecule has 0 saturated carbocycles. The predicted octanol–water partition coefficient (Wildman–Crippen LogP) is 4.51. The maximum absolute atomic E-state index is 12.8. The van der Waals surface area contributed by atoms with Gasteiger partial charge in [-0.3, -0.25) is 4.79 Å². The number of hydrogen-bond donors (Lipinski definition) is 0. The predicted molar refractivity (Wildman–Crippen MR) is 105 cm³/mol. The summed E-state index contributed by atoms with van der Waals surface area (Å²) in [5.74, 6) is 0.210. The molecule has 0 aliphatic carbocycles. The van der Waals surface area contributed by atoms with Crippen LogP contribution in [-0.4, -0.2) is 27.6 Å². The van der Waals surface area contributed by atoms with E-state index < -0.39 is 0 Å². The highest BCUT2D eigenvalue weighted by molar-refractivity contribution is 5.95. The largest absolute Gasteiger partial charge is 0.451 e. The highest BCUT2D eigenvalue weighted by Gasteiger charge is 2.20. The molecule has 4 aromatic rings. The van der Waals surface area contributed by atoms with Gasteiger partial charge in [0.05, 0.1) is 11.4 Å². The Morgan fingerprint density at radius 3 is 2.52 bits per heavy atom. The highest BCUT2D eigenvalue weighted by Crippen LogP contribution is 2.22. The molecule has 27 heavy (non-hydrogen) atoms. The monoisotopic (exact) mass is 359 g/mol. The van der Waals surface area contributed by atoms with Crippen molar-refractivity contribution in [2.45, 2.75) is 20.4 Å². The van der Waals surface area contributed by atoms with Crippen LogP contribution in [0, 0.1) is 13.8 Å². The van der Waals surface area contributed by atoms with Gasteiger partial charge in [-0.05, 0) is 38.1 Å². The van der Waals surface area contributed by atoms with Crippen molar-refractivity contribution in [2.24, 2.45) is 0 Å². The third-order valence-corrected chi connectivity index (χ3v) is 4.82. The van der Waals surface area contributed by atoms with Crippen molar-refractivity contribution >= 4 is 16.9 Å². The van der Waals surface area contributed by atoms with Crippen LogP contribution in [0.4, 0.5) is 0 Å². The first-order valence-electron chi connectivity index (χ1n) is 8.89. The van der Waals surface area contributed by atoms with Crippen LogP contribution in [0.1, 0.15) is 27.5 Å². The summed E-state index contributed by atoms with van der Waals surface area (Å²) >= 11 is 0. The van der Waals surface area contributed by atoms with E-state index in [1.807, 2.05) is 73.1 Å². The third kappa shape index (κ3) is 3.12. The molecule has 2 aromatic carbocycles. The number of hydrogen-bond acceptors (Lipinski definition) is 3. The van der Waals surface area contributed by atoms with Crippen molar-refractivity contribution in [3.05, 3.63) is 83.4 Å². The van der Waals surface area contributed by atoms with Crippen molar-refractivity contribution in [1.82, 2.24) is 14.7 Å². The average Bonchev–Trinajstić information content (AvgIpc) is 3.24. The molecule has 0 radical (unpaired) electrons. The Labute approximate surface area is 157 Å². The summed E-state index contributed by atoms with van der Waals surface area (Å²) in [5.41, 5.74) is 4.73. The van der Waals surface area contributed by atoms with Crippen LogP contribution in [-0.2, 0) is 6.54 Å². The van der Waals surface area contributed by atoms with E-state index in [2.05, 4.69) is 5.10 Å². The Balaban J connectivity index is 1.60. The molecule has 0 unspecified atom stereocenters. The minimum atomic E-state index is -0.141. The number of carbonyl (C=O) groups is 1. The lowest BCUT2D eigenvalue weighted by molar-refractivity contribution is 0.0755. The zero-order valence-corrected chi connectivity index (χ0v) is 15.6. The second kappa shape index (κ2) is 6.76. The molecule has 0 aliphatic heterocycles. The number of furan rings is 1. The van der Waals surface area contributed by atoms with E-state index >= 15 is 0 Å². The van der Waals surface area contributed by atoms with Gasteiger partial charge in [0.15, 0.2) is 5.76 Å². The average molecular weight is 359 g/mol. The number of nitrogens with zero attached hydrogens (tertiary/aromatic N) is 3. The van der Waals surface area contributed by atoms with Crippen molar-refractivity contribution in [2.75, 3.05) is 7.05 Å². The molecule has 0 fully saturated rings. The van der Waals surface area contributed by atoms with E-state index in [1.54, 1.807) is 18.0 Å². The van der Waals surface area contributed by atoms with Gasteiger partial charge in [-0.1, -0.05) is 36.4 Å². The maximum atomic E-state index is 12.8. The molecule has 0 aliphatic rings. The number of aromatic nitrogens is 2. The Hall–Kier alpha value is -3.34. The molecule has 136 valence electrons. The summed E-state index contributed by atoms with van der Waals surface area (Å²) in [7, 11) is 1.79. The van der Waals surface area contributed by atoms with Gasteiger partial charge in [0.1, 0.15) is 5.58 Å². The van der Waals surface area contributed by atoms with Gasteiger partial charge in [-0.15, -0.1) is 0 Å². The van der Waals surface area contributed by atoms with Gasteiger partial charge in [0.2, 0.25) is 0 Å². The van der Waals surface area contributed by atoms with E-state index in [4.69, 9.17) is 4.42 Å². The fraction of sp³-hybridized carbons (Fsp3) is 0.182. The molecule has 4 rings (SSSR count). The lowest BCUT2D eigenvalue weighted by Crippen LogP contribution is -2.26. The van der Waals surface area contributed by atoms with E-state index in [9.17, 15) is 4.79 Å². The highest BCUT2D eigenvalue weighted by atomic mass is 16.3. The minimum Gasteiger partial charge on any atom is -0.451 e. The number of para-hydroxylation sites is 2. The van der Waals surface area contributed by atoms with Crippen LogP contribution in [0.3, 0.4) is 0 Å². The second-order valence-corrected chi connectivity index (χ2v) is 6.71. The van der Waals surface area contributed by atoms with Crippen LogP contribution in [0.2, 0.25) is 0 Å². The van der Waals surface area contributed by atoms with E-state index in [0.29, 0.717) is 12.3 Å². The Morgan fingerprint density at radius 1 is 1.07 bits per heavy atom. The smallest absolute Gasteiger partial charge is 0.289 e. The molecular weight excluding hydrogens is 338 g/mol. The zero-order chi connectivity index (χ0) is 19.0. The number of benzene rings is 2. The molecule has 0 spiro atoms. The second-order valence-electron chi connectivity index (χ2n) is 6.71. The lowest BCUT2D eigenvalue weighted by atomic mass is 10.2. The summed E-state index contributed by atoms with van der Waals surface area (Å²) < 4.78 is 7.63. The number of aryl methyl sites for hydroxylation is 1. The fourth-order valence-corrected chi connectivity index (χ4v) is 3.31. The quantitative estimate of drug-likeness (QED) is 0.539. The summed E-state index contributed by atoms with van der Waals surface area (Å²) in [6.07, 6.45) is 0. The van der Waals surface area contributed by atoms with Gasteiger partial charge >= 0.3 is 0 Å². The van der Waals surface area contributed by atoms with Gasteiger partial charge in [0, 0.05) is 30.2 Å². The molecule has 0 bridgehead atoms. The maximum Gasteiger partial charge on any atom is 0.289 e. The lowest BCUT2D eigenvalue weighted by Gasteiger charge is -2.16. The van der Waals surface area contributed by atoms with Crippen LogP contribution in [0.15, 0.2) is 65.1 Å². The normalized spacial score (nSPS) is 11.1. The van der Waals surface area contributed by atoms with Gasteiger partial charge < -0.3 is 9.32 Å². The Morgan fingerprint density at radius 2 is 1.78 bits per heavy atom. The van der Waals surface area contributed by atoms with Crippen molar-refractivity contribution < 1.29 is 9.21 Å². The minimum absolute atomic E-state index is 0.141. The fourth-order valence-electron chi connectivity index (χ4n) is 3.31. The van der Waals surface area contributed by atoms with E-state index in [-0.39, 0.29) is 5.91 Å². The molecule has 2 heterocycles. The van der Waals surface area contributed by atoms with Crippen LogP contribution in [0.25, 0.3) is 16.7 Å².